The summed E-state index contributed by atoms with van der Waals surface area (Å²) < 4.78 is 16.4. The molecule has 0 aliphatic rings. The second kappa shape index (κ2) is 9.28. The number of anilines is 1. The molecule has 0 aliphatic carbocycles. The average Bonchev–Trinajstić information content (AvgIpc) is 3.18. The van der Waals surface area contributed by atoms with Crippen LogP contribution in [-0.4, -0.2) is 21.2 Å². The Morgan fingerprint density at radius 2 is 1.70 bits per heavy atom. The Labute approximate surface area is 186 Å². The molecule has 1 aromatic heterocycles. The van der Waals surface area contributed by atoms with Crippen molar-refractivity contribution in [3.63, 3.8) is 0 Å². The van der Waals surface area contributed by atoms with E-state index in [1.165, 1.54) is 23.9 Å². The molecule has 1 heterocycles. The first-order chi connectivity index (χ1) is 14.6. The van der Waals surface area contributed by atoms with E-state index in [9.17, 15) is 9.18 Å². The Morgan fingerprint density at radius 3 is 2.40 bits per heavy atom. The van der Waals surface area contributed by atoms with Gasteiger partial charge in [-0.3, -0.25) is 9.36 Å². The third kappa shape index (κ3) is 4.80. The van der Waals surface area contributed by atoms with E-state index < -0.39 is 0 Å². The lowest BCUT2D eigenvalue weighted by molar-refractivity contribution is -0.113. The minimum atomic E-state index is -0.305. The van der Waals surface area contributed by atoms with E-state index in [1.807, 2.05) is 59.2 Å². The highest BCUT2D eigenvalue weighted by Crippen LogP contribution is 2.30. The number of thioether (sulfide) groups is 1. The maximum atomic E-state index is 13.5. The predicted molar refractivity (Wildman–Crippen MR) is 122 cm³/mol. The van der Waals surface area contributed by atoms with Crippen LogP contribution in [0.5, 0.6) is 0 Å². The highest BCUT2D eigenvalue weighted by molar-refractivity contribution is 9.10. The zero-order valence-corrected chi connectivity index (χ0v) is 18.2. The van der Waals surface area contributed by atoms with Gasteiger partial charge in [-0.05, 0) is 48.5 Å². The van der Waals surface area contributed by atoms with E-state index in [0.717, 1.165) is 27.1 Å². The molecule has 4 rings (SSSR count). The van der Waals surface area contributed by atoms with Crippen LogP contribution >= 0.6 is 27.7 Å². The Bertz CT molecular complexity index is 1150. The topological polar surface area (TPSA) is 46.9 Å². The number of benzene rings is 3. The first-order valence-electron chi connectivity index (χ1n) is 9.17. The largest absolute Gasteiger partial charge is 0.325 e. The van der Waals surface area contributed by atoms with Crippen LogP contribution in [0.2, 0.25) is 0 Å². The molecule has 0 radical (unpaired) electrons. The van der Waals surface area contributed by atoms with E-state index in [4.69, 9.17) is 0 Å². The van der Waals surface area contributed by atoms with E-state index >= 15 is 0 Å². The van der Waals surface area contributed by atoms with Gasteiger partial charge in [0.25, 0.3) is 0 Å². The summed E-state index contributed by atoms with van der Waals surface area (Å²) in [6.45, 7) is 0. The van der Waals surface area contributed by atoms with Crippen LogP contribution in [0.25, 0.3) is 16.9 Å². The molecule has 150 valence electrons. The van der Waals surface area contributed by atoms with Gasteiger partial charge in [-0.2, -0.15) is 0 Å². The van der Waals surface area contributed by atoms with Crippen molar-refractivity contribution >= 4 is 39.3 Å². The minimum absolute atomic E-state index is 0.120. The molecule has 0 spiro atoms. The highest BCUT2D eigenvalue weighted by Gasteiger charge is 2.16. The zero-order valence-electron chi connectivity index (χ0n) is 15.8. The van der Waals surface area contributed by atoms with Gasteiger partial charge in [-0.15, -0.1) is 0 Å². The van der Waals surface area contributed by atoms with Gasteiger partial charge in [0, 0.05) is 21.4 Å². The van der Waals surface area contributed by atoms with E-state index in [1.54, 1.807) is 18.3 Å². The molecule has 7 heteroatoms. The van der Waals surface area contributed by atoms with E-state index in [0.29, 0.717) is 5.16 Å². The number of halogens is 2. The first-order valence-corrected chi connectivity index (χ1v) is 11.0. The van der Waals surface area contributed by atoms with Crippen LogP contribution in [0.15, 0.2) is 94.7 Å². The maximum absolute atomic E-state index is 13.5. The first kappa shape index (κ1) is 20.4. The number of imidazole rings is 1. The Balaban J connectivity index is 1.61. The Kier molecular flexibility index (Phi) is 6.30. The number of hydrogen-bond acceptors (Lipinski definition) is 3. The van der Waals surface area contributed by atoms with Crippen molar-refractivity contribution in [1.82, 2.24) is 9.55 Å². The van der Waals surface area contributed by atoms with Gasteiger partial charge in [-0.25, -0.2) is 9.37 Å². The van der Waals surface area contributed by atoms with Gasteiger partial charge in [0.15, 0.2) is 5.16 Å². The smallest absolute Gasteiger partial charge is 0.234 e. The summed E-state index contributed by atoms with van der Waals surface area (Å²) in [6.07, 6.45) is 1.77. The normalized spacial score (nSPS) is 10.7. The van der Waals surface area contributed by atoms with Gasteiger partial charge in [0.1, 0.15) is 5.82 Å². The van der Waals surface area contributed by atoms with Crippen LogP contribution < -0.4 is 5.32 Å². The van der Waals surface area contributed by atoms with Crippen LogP contribution in [0.4, 0.5) is 10.1 Å². The molecule has 0 unspecified atom stereocenters. The van der Waals surface area contributed by atoms with Gasteiger partial charge in [-0.1, -0.05) is 58.0 Å². The van der Waals surface area contributed by atoms with Crippen molar-refractivity contribution < 1.29 is 9.18 Å². The SMILES string of the molecule is O=C(CSc1ncc(-c2ccc(Br)cc2)n1-c1ccc(F)cc1)Nc1ccccc1. The number of hydrogen-bond donors (Lipinski definition) is 1. The van der Waals surface area contributed by atoms with Crippen LogP contribution in [0.3, 0.4) is 0 Å². The molecule has 1 N–H and O–H groups in total. The number of rotatable bonds is 6. The fourth-order valence-corrected chi connectivity index (χ4v) is 4.01. The molecule has 1 amide bonds. The number of nitrogens with one attached hydrogen (secondary N) is 1. The average molecular weight is 482 g/mol. The van der Waals surface area contributed by atoms with E-state index in [-0.39, 0.29) is 17.5 Å². The van der Waals surface area contributed by atoms with Gasteiger partial charge >= 0.3 is 0 Å². The quantitative estimate of drug-likeness (QED) is 0.335. The fraction of sp³-hybridized carbons (Fsp3) is 0.0435. The molecule has 4 aromatic rings. The number of carbonyl (C=O) groups excluding carboxylic acids is 1. The van der Waals surface area contributed by atoms with Crippen molar-refractivity contribution in [3.05, 3.63) is 95.3 Å². The lowest BCUT2D eigenvalue weighted by Crippen LogP contribution is -2.14. The van der Waals surface area contributed by atoms with Crippen molar-refractivity contribution in [2.24, 2.45) is 0 Å². The molecule has 4 nitrogen and oxygen atoms in total. The van der Waals surface area contributed by atoms with Gasteiger partial charge in [0.05, 0.1) is 17.6 Å². The van der Waals surface area contributed by atoms with Crippen LogP contribution in [-0.2, 0) is 4.79 Å². The maximum Gasteiger partial charge on any atom is 0.234 e. The van der Waals surface area contributed by atoms with Gasteiger partial charge in [0.2, 0.25) is 5.91 Å². The number of para-hydroxylation sites is 1. The standard InChI is InChI=1S/C23H17BrFN3OS/c24-17-8-6-16(7-9-17)21-14-26-23(28(21)20-12-10-18(25)11-13-20)30-15-22(29)27-19-4-2-1-3-5-19/h1-14H,15H2,(H,27,29). The summed E-state index contributed by atoms with van der Waals surface area (Å²) in [5, 5.41) is 3.53. The lowest BCUT2D eigenvalue weighted by atomic mass is 10.1. The number of nitrogens with zero attached hydrogens (tertiary/aromatic N) is 2. The summed E-state index contributed by atoms with van der Waals surface area (Å²) in [5.74, 6) is -0.224. The number of carbonyl (C=O) groups is 1. The van der Waals surface area contributed by atoms with Crippen LogP contribution in [0, 0.1) is 5.82 Å². The van der Waals surface area contributed by atoms with E-state index in [2.05, 4.69) is 26.2 Å². The molecule has 30 heavy (non-hydrogen) atoms. The van der Waals surface area contributed by atoms with Crippen molar-refractivity contribution in [2.75, 3.05) is 11.1 Å². The molecule has 3 aromatic carbocycles. The third-order valence-electron chi connectivity index (χ3n) is 4.34. The van der Waals surface area contributed by atoms with Crippen molar-refractivity contribution in [3.8, 4) is 16.9 Å². The summed E-state index contributed by atoms with van der Waals surface area (Å²) >= 11 is 4.78. The van der Waals surface area contributed by atoms with Crippen LogP contribution in [0.1, 0.15) is 0 Å². The Hall–Kier alpha value is -2.90. The predicted octanol–water partition coefficient (Wildman–Crippen LogP) is 6.17. The second-order valence-corrected chi connectivity index (χ2v) is 8.31. The molecule has 0 saturated heterocycles. The summed E-state index contributed by atoms with van der Waals surface area (Å²) in [4.78, 5) is 16.9. The summed E-state index contributed by atoms with van der Waals surface area (Å²) in [5.41, 5.74) is 3.36. The van der Waals surface area contributed by atoms with Crippen molar-refractivity contribution in [2.45, 2.75) is 5.16 Å². The number of aromatic nitrogens is 2. The summed E-state index contributed by atoms with van der Waals surface area (Å²) in [7, 11) is 0. The molecule has 0 saturated carbocycles. The second-order valence-electron chi connectivity index (χ2n) is 6.45. The highest BCUT2D eigenvalue weighted by atomic mass is 79.9. The molecule has 0 atom stereocenters. The molecule has 0 bridgehead atoms. The zero-order chi connectivity index (χ0) is 20.9. The van der Waals surface area contributed by atoms with Gasteiger partial charge < -0.3 is 5.32 Å². The molecular formula is C23H17BrFN3OS. The Morgan fingerprint density at radius 1 is 1.00 bits per heavy atom. The number of amides is 1. The fourth-order valence-electron chi connectivity index (χ4n) is 2.95. The summed E-state index contributed by atoms with van der Waals surface area (Å²) in [6, 6.07) is 23.4. The third-order valence-corrected chi connectivity index (χ3v) is 5.83. The molecule has 0 fully saturated rings. The van der Waals surface area contributed by atoms with Crippen molar-refractivity contribution in [1.29, 1.82) is 0 Å². The minimum Gasteiger partial charge on any atom is -0.325 e. The molecule has 0 aliphatic heterocycles. The lowest BCUT2D eigenvalue weighted by Gasteiger charge is -2.12. The molecular weight excluding hydrogens is 465 g/mol. The monoisotopic (exact) mass is 481 g/mol.